The molecule has 3 rings (SSSR count). The molecule has 0 saturated carbocycles. The second-order valence-electron chi connectivity index (χ2n) is 6.96. The first-order valence-corrected chi connectivity index (χ1v) is 8.83. The molecule has 6 nitrogen and oxygen atoms in total. The number of hydrogen-bond donors (Lipinski definition) is 1. The monoisotopic (exact) mass is 341 g/mol. The van der Waals surface area contributed by atoms with Crippen LogP contribution in [0, 0.1) is 5.92 Å². The first-order chi connectivity index (χ1) is 12.1. The number of anilines is 1. The first-order valence-electron chi connectivity index (χ1n) is 8.83. The van der Waals surface area contributed by atoms with E-state index in [9.17, 15) is 4.79 Å². The van der Waals surface area contributed by atoms with Crippen molar-refractivity contribution in [3.05, 3.63) is 48.4 Å². The van der Waals surface area contributed by atoms with Crippen molar-refractivity contribution in [3.8, 4) is 0 Å². The standard InChI is InChI=1S/C19H27N5O/c1-22(2)15-19(25)24-13-16(12-23-11-5-6-17(23)14-24)8-10-21-18-7-3-4-9-20-18/h3-7,9,11,16H,8,10,12-15H2,1-2H3,(H,20,21)/t16-/m1/s1. The second-order valence-corrected chi connectivity index (χ2v) is 6.96. The molecule has 134 valence electrons. The van der Waals surface area contributed by atoms with Gasteiger partial charge >= 0.3 is 0 Å². The van der Waals surface area contributed by atoms with Crippen molar-refractivity contribution < 1.29 is 4.79 Å². The number of amides is 1. The lowest BCUT2D eigenvalue weighted by Crippen LogP contribution is -2.39. The van der Waals surface area contributed by atoms with Gasteiger partial charge in [0.25, 0.3) is 0 Å². The maximum absolute atomic E-state index is 12.6. The first kappa shape index (κ1) is 17.5. The fourth-order valence-electron chi connectivity index (χ4n) is 3.29. The fourth-order valence-corrected chi connectivity index (χ4v) is 3.29. The summed E-state index contributed by atoms with van der Waals surface area (Å²) < 4.78 is 2.29. The van der Waals surface area contributed by atoms with Gasteiger partial charge < -0.3 is 19.7 Å². The molecule has 0 aliphatic carbocycles. The normalized spacial score (nSPS) is 17.2. The van der Waals surface area contributed by atoms with Crippen molar-refractivity contribution in [2.45, 2.75) is 19.5 Å². The molecule has 2 aromatic heterocycles. The molecule has 1 aliphatic rings. The maximum atomic E-state index is 12.6. The molecule has 1 amide bonds. The zero-order valence-electron chi connectivity index (χ0n) is 15.1. The van der Waals surface area contributed by atoms with Crippen LogP contribution in [0.4, 0.5) is 5.82 Å². The third-order valence-electron chi connectivity index (χ3n) is 4.54. The van der Waals surface area contributed by atoms with Gasteiger partial charge in [-0.1, -0.05) is 6.07 Å². The van der Waals surface area contributed by atoms with Gasteiger partial charge in [0.1, 0.15) is 5.82 Å². The van der Waals surface area contributed by atoms with Crippen molar-refractivity contribution in [3.63, 3.8) is 0 Å². The highest BCUT2D eigenvalue weighted by Gasteiger charge is 2.24. The Morgan fingerprint density at radius 2 is 2.16 bits per heavy atom. The number of nitrogens with one attached hydrogen (secondary N) is 1. The van der Waals surface area contributed by atoms with Crippen LogP contribution in [0.5, 0.6) is 0 Å². The molecule has 1 N–H and O–H groups in total. The van der Waals surface area contributed by atoms with Gasteiger partial charge in [0.05, 0.1) is 13.1 Å². The number of pyridine rings is 1. The molecule has 0 fully saturated rings. The Labute approximate surface area is 149 Å². The third kappa shape index (κ3) is 4.82. The minimum absolute atomic E-state index is 0.197. The summed E-state index contributed by atoms with van der Waals surface area (Å²) >= 11 is 0. The van der Waals surface area contributed by atoms with E-state index in [1.807, 2.05) is 42.1 Å². The molecule has 3 heterocycles. The second kappa shape index (κ2) is 8.16. The van der Waals surface area contributed by atoms with Crippen molar-refractivity contribution >= 4 is 11.7 Å². The van der Waals surface area contributed by atoms with Gasteiger partial charge in [-0.3, -0.25) is 4.79 Å². The van der Waals surface area contributed by atoms with Gasteiger partial charge in [-0.2, -0.15) is 0 Å². The molecule has 0 saturated heterocycles. The lowest BCUT2D eigenvalue weighted by molar-refractivity contribution is -0.133. The van der Waals surface area contributed by atoms with E-state index in [1.54, 1.807) is 6.20 Å². The van der Waals surface area contributed by atoms with Crippen LogP contribution >= 0.6 is 0 Å². The molecular formula is C19H27N5O. The smallest absolute Gasteiger partial charge is 0.237 e. The fraction of sp³-hybridized carbons (Fsp3) is 0.474. The minimum Gasteiger partial charge on any atom is -0.370 e. The Balaban J connectivity index is 1.63. The van der Waals surface area contributed by atoms with E-state index in [2.05, 4.69) is 33.2 Å². The van der Waals surface area contributed by atoms with E-state index in [0.717, 1.165) is 31.9 Å². The van der Waals surface area contributed by atoms with Gasteiger partial charge in [-0.15, -0.1) is 0 Å². The van der Waals surface area contributed by atoms with Crippen LogP contribution in [-0.4, -0.2) is 59.0 Å². The highest BCUT2D eigenvalue weighted by atomic mass is 16.2. The molecular weight excluding hydrogens is 314 g/mol. The third-order valence-corrected chi connectivity index (χ3v) is 4.54. The zero-order chi connectivity index (χ0) is 17.6. The molecule has 0 unspecified atom stereocenters. The van der Waals surface area contributed by atoms with Gasteiger partial charge in [-0.25, -0.2) is 4.98 Å². The molecule has 0 bridgehead atoms. The quantitative estimate of drug-likeness (QED) is 0.872. The summed E-state index contributed by atoms with van der Waals surface area (Å²) in [6.07, 6.45) is 4.91. The number of likely N-dealkylation sites (N-methyl/N-ethyl adjacent to an activating group) is 1. The SMILES string of the molecule is CN(C)CC(=O)N1Cc2cccn2C[C@@H](CCNc2ccccn2)C1. The van der Waals surface area contributed by atoms with E-state index in [0.29, 0.717) is 19.0 Å². The lowest BCUT2D eigenvalue weighted by Gasteiger charge is -2.25. The summed E-state index contributed by atoms with van der Waals surface area (Å²) in [6, 6.07) is 10.1. The van der Waals surface area contributed by atoms with Crippen LogP contribution < -0.4 is 5.32 Å². The van der Waals surface area contributed by atoms with Crippen molar-refractivity contribution in [1.29, 1.82) is 0 Å². The molecule has 2 aromatic rings. The molecule has 0 radical (unpaired) electrons. The number of nitrogens with zero attached hydrogens (tertiary/aromatic N) is 4. The summed E-state index contributed by atoms with van der Waals surface area (Å²) in [5.74, 6) is 1.52. The van der Waals surface area contributed by atoms with E-state index in [1.165, 1.54) is 5.69 Å². The summed E-state index contributed by atoms with van der Waals surface area (Å²) in [7, 11) is 3.87. The minimum atomic E-state index is 0.197. The lowest BCUT2D eigenvalue weighted by atomic mass is 10.0. The maximum Gasteiger partial charge on any atom is 0.237 e. The molecule has 25 heavy (non-hydrogen) atoms. The Kier molecular flexibility index (Phi) is 5.71. The number of aromatic nitrogens is 2. The van der Waals surface area contributed by atoms with E-state index in [-0.39, 0.29) is 5.91 Å². The van der Waals surface area contributed by atoms with E-state index >= 15 is 0 Å². The van der Waals surface area contributed by atoms with E-state index < -0.39 is 0 Å². The van der Waals surface area contributed by atoms with Crippen LogP contribution in [0.2, 0.25) is 0 Å². The van der Waals surface area contributed by atoms with Crippen molar-refractivity contribution in [2.75, 3.05) is 39.0 Å². The Morgan fingerprint density at radius 1 is 1.28 bits per heavy atom. The van der Waals surface area contributed by atoms with Crippen molar-refractivity contribution in [1.82, 2.24) is 19.4 Å². The van der Waals surface area contributed by atoms with E-state index in [4.69, 9.17) is 0 Å². The summed E-state index contributed by atoms with van der Waals surface area (Å²) in [4.78, 5) is 20.8. The topological polar surface area (TPSA) is 53.4 Å². The average molecular weight is 341 g/mol. The summed E-state index contributed by atoms with van der Waals surface area (Å²) in [5.41, 5.74) is 1.22. The van der Waals surface area contributed by atoms with Crippen LogP contribution in [0.3, 0.4) is 0 Å². The predicted octanol–water partition coefficient (Wildman–Crippen LogP) is 1.91. The Bertz CT molecular complexity index is 682. The van der Waals surface area contributed by atoms with Crippen LogP contribution in [0.25, 0.3) is 0 Å². The van der Waals surface area contributed by atoms with Gasteiger partial charge in [0.15, 0.2) is 0 Å². The molecule has 1 aliphatic heterocycles. The molecule has 0 aromatic carbocycles. The van der Waals surface area contributed by atoms with Gasteiger partial charge in [0.2, 0.25) is 5.91 Å². The summed E-state index contributed by atoms with van der Waals surface area (Å²) in [5, 5.41) is 3.37. The van der Waals surface area contributed by atoms with Crippen LogP contribution in [-0.2, 0) is 17.9 Å². The number of rotatable bonds is 6. The van der Waals surface area contributed by atoms with Gasteiger partial charge in [-0.05, 0) is 50.7 Å². The number of fused-ring (bicyclic) bond motifs is 1. The predicted molar refractivity (Wildman–Crippen MR) is 99.2 cm³/mol. The molecule has 0 spiro atoms. The highest BCUT2D eigenvalue weighted by Crippen LogP contribution is 2.20. The number of carbonyl (C=O) groups is 1. The number of hydrogen-bond acceptors (Lipinski definition) is 4. The Hall–Kier alpha value is -2.34. The summed E-state index contributed by atoms with van der Waals surface area (Å²) in [6.45, 7) is 3.77. The Morgan fingerprint density at radius 3 is 2.92 bits per heavy atom. The highest BCUT2D eigenvalue weighted by molar-refractivity contribution is 5.78. The zero-order valence-corrected chi connectivity index (χ0v) is 15.1. The number of carbonyl (C=O) groups excluding carboxylic acids is 1. The van der Waals surface area contributed by atoms with Crippen LogP contribution in [0.1, 0.15) is 12.1 Å². The molecule has 6 heteroatoms. The molecule has 1 atom stereocenters. The largest absolute Gasteiger partial charge is 0.370 e. The van der Waals surface area contributed by atoms with Crippen molar-refractivity contribution in [2.24, 2.45) is 5.92 Å². The van der Waals surface area contributed by atoms with Gasteiger partial charge in [0, 0.05) is 37.7 Å². The average Bonchev–Trinajstić information content (AvgIpc) is 2.93. The van der Waals surface area contributed by atoms with Crippen LogP contribution in [0.15, 0.2) is 42.7 Å².